The van der Waals surface area contributed by atoms with Gasteiger partial charge in [-0.05, 0) is 31.2 Å². The average molecular weight is 417 g/mol. The average Bonchev–Trinajstić information content (AvgIpc) is 2.98. The van der Waals surface area contributed by atoms with E-state index in [-0.39, 0.29) is 24.7 Å². The molecule has 1 aromatic heterocycles. The molecule has 3 aromatic rings. The number of aryl methyl sites for hydroxylation is 1. The van der Waals surface area contributed by atoms with Crippen molar-refractivity contribution in [2.24, 2.45) is 5.10 Å². The zero-order valence-electron chi connectivity index (χ0n) is 15.1. The van der Waals surface area contributed by atoms with Crippen LogP contribution in [0.4, 0.5) is 5.69 Å². The fourth-order valence-corrected chi connectivity index (χ4v) is 3.18. The normalized spacial score (nSPS) is 11.1. The van der Waals surface area contributed by atoms with Crippen LogP contribution in [0.15, 0.2) is 47.6 Å². The molecule has 0 saturated heterocycles. The van der Waals surface area contributed by atoms with E-state index < -0.39 is 0 Å². The number of aromatic nitrogens is 1. The number of carbonyl (C=O) groups is 2. The Morgan fingerprint density at radius 1 is 1.11 bits per heavy atom. The number of hydrogen-bond acceptors (Lipinski definition) is 3. The number of H-pyrrole nitrogens is 1. The first-order valence-electron chi connectivity index (χ1n) is 8.58. The monoisotopic (exact) mass is 416 g/mol. The van der Waals surface area contributed by atoms with Crippen molar-refractivity contribution < 1.29 is 9.59 Å². The molecular formula is C20H18Cl2N4O2. The largest absolute Gasteiger partial charge is 0.358 e. The highest BCUT2D eigenvalue weighted by Gasteiger charge is 2.10. The summed E-state index contributed by atoms with van der Waals surface area (Å²) >= 11 is 11.8. The zero-order chi connectivity index (χ0) is 20.1. The summed E-state index contributed by atoms with van der Waals surface area (Å²) in [6, 6.07) is 12.6. The Bertz CT molecular complexity index is 1060. The van der Waals surface area contributed by atoms with Gasteiger partial charge < -0.3 is 10.3 Å². The third-order valence-electron chi connectivity index (χ3n) is 4.11. The first kappa shape index (κ1) is 19.9. The highest BCUT2D eigenvalue weighted by molar-refractivity contribution is 6.36. The topological polar surface area (TPSA) is 86.3 Å². The molecule has 0 unspecified atom stereocenters. The minimum absolute atomic E-state index is 0.00124. The molecule has 1 heterocycles. The molecule has 3 rings (SSSR count). The lowest BCUT2D eigenvalue weighted by molar-refractivity contribution is -0.124. The van der Waals surface area contributed by atoms with Crippen LogP contribution in [0.3, 0.4) is 0 Å². The first-order chi connectivity index (χ1) is 13.4. The number of hydrazone groups is 1. The van der Waals surface area contributed by atoms with Gasteiger partial charge in [-0.25, -0.2) is 5.43 Å². The fourth-order valence-electron chi connectivity index (χ4n) is 2.72. The quantitative estimate of drug-likeness (QED) is 0.403. The molecule has 6 nitrogen and oxygen atoms in total. The Kier molecular flexibility index (Phi) is 6.34. The van der Waals surface area contributed by atoms with E-state index in [4.69, 9.17) is 23.2 Å². The lowest BCUT2D eigenvalue weighted by atomic mass is 10.1. The summed E-state index contributed by atoms with van der Waals surface area (Å²) < 4.78 is 0. The van der Waals surface area contributed by atoms with E-state index in [1.807, 2.05) is 31.2 Å². The van der Waals surface area contributed by atoms with Crippen molar-refractivity contribution in [2.75, 3.05) is 5.32 Å². The van der Waals surface area contributed by atoms with Crippen molar-refractivity contribution in [3.63, 3.8) is 0 Å². The van der Waals surface area contributed by atoms with Crippen molar-refractivity contribution in [3.05, 3.63) is 63.8 Å². The van der Waals surface area contributed by atoms with Crippen molar-refractivity contribution in [1.29, 1.82) is 0 Å². The Labute approximate surface area is 171 Å². The van der Waals surface area contributed by atoms with Crippen molar-refractivity contribution >= 4 is 57.8 Å². The third kappa shape index (κ3) is 4.91. The van der Waals surface area contributed by atoms with E-state index in [2.05, 4.69) is 20.8 Å². The number of rotatable bonds is 6. The molecule has 2 aromatic carbocycles. The maximum atomic E-state index is 12.0. The highest BCUT2D eigenvalue weighted by Crippen LogP contribution is 2.25. The lowest BCUT2D eigenvalue weighted by Crippen LogP contribution is -2.20. The second-order valence-electron chi connectivity index (χ2n) is 6.17. The van der Waals surface area contributed by atoms with Crippen molar-refractivity contribution in [3.8, 4) is 0 Å². The number of nitrogens with one attached hydrogen (secondary N) is 3. The Hall–Kier alpha value is -2.83. The first-order valence-corrected chi connectivity index (χ1v) is 9.34. The van der Waals surface area contributed by atoms with Crippen LogP contribution in [0.1, 0.15) is 24.1 Å². The molecule has 144 valence electrons. The number of benzene rings is 2. The van der Waals surface area contributed by atoms with Gasteiger partial charge in [0.05, 0.1) is 16.9 Å². The molecule has 0 atom stereocenters. The van der Waals surface area contributed by atoms with Crippen LogP contribution in [-0.2, 0) is 9.59 Å². The maximum absolute atomic E-state index is 12.0. The molecule has 0 aliphatic carbocycles. The van der Waals surface area contributed by atoms with E-state index in [1.54, 1.807) is 18.3 Å². The number of fused-ring (bicyclic) bond motifs is 1. The lowest BCUT2D eigenvalue weighted by Gasteiger charge is -2.07. The number of halogens is 2. The number of para-hydroxylation sites is 1. The van der Waals surface area contributed by atoms with E-state index in [0.29, 0.717) is 15.7 Å². The Morgan fingerprint density at radius 2 is 1.86 bits per heavy atom. The van der Waals surface area contributed by atoms with Gasteiger partial charge in [-0.1, -0.05) is 41.4 Å². The minimum atomic E-state index is -0.355. The predicted octanol–water partition coefficient (Wildman–Crippen LogP) is 4.65. The van der Waals surface area contributed by atoms with Gasteiger partial charge >= 0.3 is 0 Å². The Morgan fingerprint density at radius 3 is 2.64 bits per heavy atom. The van der Waals surface area contributed by atoms with Crippen LogP contribution >= 0.6 is 23.2 Å². The summed E-state index contributed by atoms with van der Waals surface area (Å²) in [5.41, 5.74) is 5.76. The van der Waals surface area contributed by atoms with Crippen LogP contribution in [0, 0.1) is 6.92 Å². The summed E-state index contributed by atoms with van der Waals surface area (Å²) in [6.07, 6.45) is 1.60. The highest BCUT2D eigenvalue weighted by atomic mass is 35.5. The Balaban J connectivity index is 1.51. The molecule has 28 heavy (non-hydrogen) atoms. The van der Waals surface area contributed by atoms with Crippen LogP contribution in [0.5, 0.6) is 0 Å². The second kappa shape index (κ2) is 8.91. The molecule has 2 amide bonds. The molecular weight excluding hydrogens is 399 g/mol. The van der Waals surface area contributed by atoms with Gasteiger partial charge in [-0.2, -0.15) is 5.10 Å². The van der Waals surface area contributed by atoms with E-state index >= 15 is 0 Å². The molecule has 0 saturated carbocycles. The number of aromatic amines is 1. The summed E-state index contributed by atoms with van der Waals surface area (Å²) in [6.45, 7) is 1.94. The van der Waals surface area contributed by atoms with Crippen molar-refractivity contribution in [2.45, 2.75) is 19.8 Å². The van der Waals surface area contributed by atoms with Crippen LogP contribution < -0.4 is 10.7 Å². The van der Waals surface area contributed by atoms with Crippen LogP contribution in [0.25, 0.3) is 10.9 Å². The molecule has 0 radical (unpaired) electrons. The number of carbonyl (C=O) groups excluding carboxylic acids is 2. The van der Waals surface area contributed by atoms with Gasteiger partial charge in [0.1, 0.15) is 0 Å². The number of anilines is 1. The van der Waals surface area contributed by atoms with Gasteiger partial charge in [-0.3, -0.25) is 9.59 Å². The van der Waals surface area contributed by atoms with E-state index in [0.717, 1.165) is 22.2 Å². The standard InChI is InChI=1S/C20H18Cl2N4O2/c1-12-15(14-4-2-3-5-17(14)24-12)11-23-26-20(28)9-8-19(27)25-18-7-6-13(21)10-16(18)22/h2-7,10-11,24H,8-9H2,1H3,(H,25,27)(H,26,28)/b23-11+. The van der Waals surface area contributed by atoms with Crippen LogP contribution in [-0.4, -0.2) is 23.0 Å². The van der Waals surface area contributed by atoms with Crippen LogP contribution in [0.2, 0.25) is 10.0 Å². The molecule has 3 N–H and O–H groups in total. The molecule has 8 heteroatoms. The molecule has 0 aliphatic heterocycles. The van der Waals surface area contributed by atoms with Crippen molar-refractivity contribution in [1.82, 2.24) is 10.4 Å². The van der Waals surface area contributed by atoms with Gasteiger partial charge in [0, 0.05) is 40.0 Å². The molecule has 0 spiro atoms. The van der Waals surface area contributed by atoms with Gasteiger partial charge in [-0.15, -0.1) is 0 Å². The van der Waals surface area contributed by atoms with Gasteiger partial charge in [0.15, 0.2) is 0 Å². The minimum Gasteiger partial charge on any atom is -0.358 e. The zero-order valence-corrected chi connectivity index (χ0v) is 16.6. The SMILES string of the molecule is Cc1[nH]c2ccccc2c1/C=N/NC(=O)CCC(=O)Nc1ccc(Cl)cc1Cl. The number of amides is 2. The number of nitrogens with zero attached hydrogens (tertiary/aromatic N) is 1. The molecule has 0 bridgehead atoms. The number of hydrogen-bond donors (Lipinski definition) is 3. The predicted molar refractivity (Wildman–Crippen MR) is 113 cm³/mol. The summed E-state index contributed by atoms with van der Waals surface area (Å²) in [5, 5.41) is 8.48. The van der Waals surface area contributed by atoms with Gasteiger partial charge in [0.25, 0.3) is 0 Å². The maximum Gasteiger partial charge on any atom is 0.240 e. The van der Waals surface area contributed by atoms with Gasteiger partial charge in [0.2, 0.25) is 11.8 Å². The summed E-state index contributed by atoms with van der Waals surface area (Å²) in [4.78, 5) is 27.2. The summed E-state index contributed by atoms with van der Waals surface area (Å²) in [5.74, 6) is -0.679. The summed E-state index contributed by atoms with van der Waals surface area (Å²) in [7, 11) is 0. The van der Waals surface area contributed by atoms with E-state index in [9.17, 15) is 9.59 Å². The van der Waals surface area contributed by atoms with E-state index in [1.165, 1.54) is 6.07 Å². The third-order valence-corrected chi connectivity index (χ3v) is 4.66. The molecule has 0 fully saturated rings. The second-order valence-corrected chi connectivity index (χ2v) is 7.02. The smallest absolute Gasteiger partial charge is 0.240 e. The molecule has 0 aliphatic rings. The fraction of sp³-hybridized carbons (Fsp3) is 0.150.